The summed E-state index contributed by atoms with van der Waals surface area (Å²) in [6.45, 7) is 7.79. The fourth-order valence-corrected chi connectivity index (χ4v) is 4.90. The highest BCUT2D eigenvalue weighted by Gasteiger charge is 2.57. The number of hydrogen-bond acceptors (Lipinski definition) is 8. The third kappa shape index (κ3) is 13.2. The molecule has 1 unspecified atom stereocenters. The number of alkyl carbamates (subject to hydrolysis) is 1. The normalized spacial score (nSPS) is 22.4. The molecule has 1 aromatic rings. The van der Waals surface area contributed by atoms with Gasteiger partial charge in [-0.15, -0.1) is 0 Å². The van der Waals surface area contributed by atoms with Gasteiger partial charge in [0.25, 0.3) is 5.92 Å². The number of alkyl halides is 2. The molecule has 1 aliphatic rings. The quantitative estimate of drug-likeness (QED) is 0.160. The van der Waals surface area contributed by atoms with Gasteiger partial charge in [0.1, 0.15) is 37.1 Å². The highest BCUT2D eigenvalue weighted by Crippen LogP contribution is 2.37. The standard InChI is InChI=1S/C32H50F2N2O9/c1-5-8-16-41-21-25-27(42-17-9-6-2)28(43-18-10-7-3)26(35-22(4)37)29(45-25)32(33,34)19-24(30(38)39)36-31(40)44-20-23-14-12-11-13-15-23/h11-15,24-29H,5-10,16-21H2,1-4H3,(H,35,37)(H,36,40)(H,38,39)/t24?,25-,26-,27+,28-,29+/m1/s1. The van der Waals surface area contributed by atoms with Crippen LogP contribution in [-0.4, -0.2) is 91.9 Å². The topological polar surface area (TPSA) is 142 Å². The summed E-state index contributed by atoms with van der Waals surface area (Å²) in [5.41, 5.74) is 0.635. The molecule has 11 nitrogen and oxygen atoms in total. The van der Waals surface area contributed by atoms with Gasteiger partial charge in [-0.3, -0.25) is 4.79 Å². The number of aliphatic carboxylic acids is 1. The summed E-state index contributed by atoms with van der Waals surface area (Å²) in [6, 6.07) is 5.20. The molecule has 0 spiro atoms. The molecule has 1 fully saturated rings. The molecule has 1 aliphatic heterocycles. The number of carboxylic acid groups (broad SMARTS) is 1. The Morgan fingerprint density at radius 1 is 0.956 bits per heavy atom. The van der Waals surface area contributed by atoms with Gasteiger partial charge >= 0.3 is 12.1 Å². The minimum atomic E-state index is -3.87. The Kier molecular flexibility index (Phi) is 17.3. The van der Waals surface area contributed by atoms with Crippen LogP contribution in [-0.2, 0) is 39.9 Å². The summed E-state index contributed by atoms with van der Waals surface area (Å²) < 4.78 is 61.6. The fraction of sp³-hybridized carbons (Fsp3) is 0.719. The molecular formula is C32H50F2N2O9. The van der Waals surface area contributed by atoms with E-state index in [2.05, 4.69) is 5.32 Å². The van der Waals surface area contributed by atoms with Crippen LogP contribution >= 0.6 is 0 Å². The lowest BCUT2D eigenvalue weighted by Crippen LogP contribution is -2.69. The third-order valence-corrected chi connectivity index (χ3v) is 7.30. The van der Waals surface area contributed by atoms with Crippen molar-refractivity contribution in [2.75, 3.05) is 26.4 Å². The number of halogens is 2. The first-order valence-electron chi connectivity index (χ1n) is 15.8. The number of unbranched alkanes of at least 4 members (excludes halogenated alkanes) is 3. The van der Waals surface area contributed by atoms with Gasteiger partial charge in [-0.25, -0.2) is 18.4 Å². The molecule has 0 aromatic heterocycles. The molecule has 0 bridgehead atoms. The monoisotopic (exact) mass is 644 g/mol. The van der Waals surface area contributed by atoms with E-state index in [1.807, 2.05) is 26.1 Å². The second-order valence-electron chi connectivity index (χ2n) is 11.2. The summed E-state index contributed by atoms with van der Waals surface area (Å²) in [4.78, 5) is 36.8. The number of rotatable bonds is 21. The number of amides is 2. The number of hydrogen-bond donors (Lipinski definition) is 3. The molecule has 256 valence electrons. The molecule has 6 atom stereocenters. The average Bonchev–Trinajstić information content (AvgIpc) is 2.99. The van der Waals surface area contributed by atoms with Gasteiger partial charge in [0.05, 0.1) is 12.6 Å². The van der Waals surface area contributed by atoms with E-state index in [-0.39, 0.29) is 19.8 Å². The van der Waals surface area contributed by atoms with Crippen LogP contribution in [0.4, 0.5) is 13.6 Å². The van der Waals surface area contributed by atoms with Crippen molar-refractivity contribution < 1.29 is 52.0 Å². The summed E-state index contributed by atoms with van der Waals surface area (Å²) in [7, 11) is 0. The lowest BCUT2D eigenvalue weighted by molar-refractivity contribution is -0.271. The second-order valence-corrected chi connectivity index (χ2v) is 11.2. The summed E-state index contributed by atoms with van der Waals surface area (Å²) in [5.74, 6) is -6.16. The third-order valence-electron chi connectivity index (χ3n) is 7.30. The molecule has 45 heavy (non-hydrogen) atoms. The number of carbonyl (C=O) groups excluding carboxylic acids is 2. The Bertz CT molecular complexity index is 1020. The summed E-state index contributed by atoms with van der Waals surface area (Å²) in [6.07, 6.45) is -2.84. The van der Waals surface area contributed by atoms with Gasteiger partial charge in [0.15, 0.2) is 0 Å². The van der Waals surface area contributed by atoms with Gasteiger partial charge in [0, 0.05) is 33.2 Å². The van der Waals surface area contributed by atoms with E-state index >= 15 is 8.78 Å². The Hall–Kier alpha value is -2.87. The molecule has 0 saturated carbocycles. The maximum atomic E-state index is 16.3. The fourth-order valence-electron chi connectivity index (χ4n) is 4.90. The van der Waals surface area contributed by atoms with Crippen molar-refractivity contribution in [1.29, 1.82) is 0 Å². The maximum Gasteiger partial charge on any atom is 0.408 e. The van der Waals surface area contributed by atoms with E-state index in [1.165, 1.54) is 6.92 Å². The molecule has 13 heteroatoms. The van der Waals surface area contributed by atoms with Gasteiger partial charge in [-0.2, -0.15) is 0 Å². The highest BCUT2D eigenvalue weighted by atomic mass is 19.3. The summed E-state index contributed by atoms with van der Waals surface area (Å²) in [5, 5.41) is 14.4. The number of benzene rings is 1. The molecule has 1 aromatic carbocycles. The van der Waals surface area contributed by atoms with Crippen molar-refractivity contribution in [3.63, 3.8) is 0 Å². The lowest BCUT2D eigenvalue weighted by Gasteiger charge is -2.48. The Balaban J connectivity index is 2.36. The number of ether oxygens (including phenoxy) is 5. The SMILES string of the molecule is CCCCOC[C@H]1O[C@H](C(F)(F)CC(NC(=O)OCc2ccccc2)C(=O)O)[C@H](NC(C)=O)[C@@H](OCCCC)[C@H]1OCCCC. The van der Waals surface area contributed by atoms with Crippen LogP contribution in [0.1, 0.15) is 78.2 Å². The van der Waals surface area contributed by atoms with Crippen LogP contribution in [0.25, 0.3) is 0 Å². The summed E-state index contributed by atoms with van der Waals surface area (Å²) >= 11 is 0. The predicted octanol–water partition coefficient (Wildman–Crippen LogP) is 4.85. The molecule has 3 N–H and O–H groups in total. The van der Waals surface area contributed by atoms with E-state index in [0.29, 0.717) is 31.6 Å². The minimum absolute atomic E-state index is 0.0732. The van der Waals surface area contributed by atoms with Crippen LogP contribution in [0, 0.1) is 0 Å². The van der Waals surface area contributed by atoms with Gasteiger partial charge in [-0.05, 0) is 24.8 Å². The van der Waals surface area contributed by atoms with Gasteiger partial charge in [-0.1, -0.05) is 70.4 Å². The van der Waals surface area contributed by atoms with Gasteiger partial charge in [0.2, 0.25) is 5.91 Å². The first kappa shape index (κ1) is 38.3. The zero-order valence-corrected chi connectivity index (χ0v) is 26.8. The van der Waals surface area contributed by atoms with Crippen LogP contribution < -0.4 is 10.6 Å². The second kappa shape index (κ2) is 20.3. The van der Waals surface area contributed by atoms with Crippen LogP contribution in [0.2, 0.25) is 0 Å². The Labute approximate surface area is 264 Å². The first-order chi connectivity index (χ1) is 21.5. The van der Waals surface area contributed by atoms with E-state index in [4.69, 9.17) is 23.7 Å². The first-order valence-corrected chi connectivity index (χ1v) is 15.8. The van der Waals surface area contributed by atoms with Crippen molar-refractivity contribution in [2.45, 2.75) is 122 Å². The average molecular weight is 645 g/mol. The van der Waals surface area contributed by atoms with E-state index in [0.717, 1.165) is 25.7 Å². The van der Waals surface area contributed by atoms with Crippen molar-refractivity contribution >= 4 is 18.0 Å². The zero-order chi connectivity index (χ0) is 33.2. The number of nitrogens with one attached hydrogen (secondary N) is 2. The number of carbonyl (C=O) groups is 3. The molecule has 0 radical (unpaired) electrons. The Morgan fingerprint density at radius 3 is 2.13 bits per heavy atom. The van der Waals surface area contributed by atoms with Crippen molar-refractivity contribution in [3.05, 3.63) is 35.9 Å². The molecule has 2 amide bonds. The van der Waals surface area contributed by atoms with Crippen molar-refractivity contribution in [2.24, 2.45) is 0 Å². The smallest absolute Gasteiger partial charge is 0.408 e. The molecule has 1 saturated heterocycles. The van der Waals surface area contributed by atoms with E-state index in [1.54, 1.807) is 30.3 Å². The molecule has 1 heterocycles. The Morgan fingerprint density at radius 2 is 1.56 bits per heavy atom. The largest absolute Gasteiger partial charge is 0.480 e. The van der Waals surface area contributed by atoms with Crippen molar-refractivity contribution in [1.82, 2.24) is 10.6 Å². The van der Waals surface area contributed by atoms with Crippen LogP contribution in [0.15, 0.2) is 30.3 Å². The number of carboxylic acids is 1. The predicted molar refractivity (Wildman–Crippen MR) is 162 cm³/mol. The molecule has 2 rings (SSSR count). The van der Waals surface area contributed by atoms with E-state index < -0.39 is 66.8 Å². The highest BCUT2D eigenvalue weighted by molar-refractivity contribution is 5.80. The minimum Gasteiger partial charge on any atom is -0.480 e. The lowest BCUT2D eigenvalue weighted by atomic mass is 9.87. The van der Waals surface area contributed by atoms with Crippen molar-refractivity contribution in [3.8, 4) is 0 Å². The van der Waals surface area contributed by atoms with E-state index in [9.17, 15) is 19.5 Å². The zero-order valence-electron chi connectivity index (χ0n) is 26.8. The van der Waals surface area contributed by atoms with Crippen LogP contribution in [0.5, 0.6) is 0 Å². The maximum absolute atomic E-state index is 16.3. The van der Waals surface area contributed by atoms with Crippen LogP contribution in [0.3, 0.4) is 0 Å². The molecular weight excluding hydrogens is 594 g/mol. The van der Waals surface area contributed by atoms with Gasteiger partial charge < -0.3 is 39.4 Å². The molecule has 0 aliphatic carbocycles.